The number of benzene rings is 1. The first-order valence-electron chi connectivity index (χ1n) is 16.4. The summed E-state index contributed by atoms with van der Waals surface area (Å²) in [7, 11) is 0. The minimum absolute atomic E-state index is 0.0612. The molecule has 0 aliphatic carbocycles. The number of rotatable bonds is 22. The van der Waals surface area contributed by atoms with Gasteiger partial charge in [-0.05, 0) is 34.4 Å². The maximum atomic E-state index is 10.0. The molecular formula is C36H66O2. The lowest BCUT2D eigenvalue weighted by Gasteiger charge is -2.30. The average molecular weight is 531 g/mol. The Labute approximate surface area is 238 Å². The zero-order valence-electron chi connectivity index (χ0n) is 27.0. The van der Waals surface area contributed by atoms with Gasteiger partial charge in [-0.2, -0.15) is 0 Å². The molecule has 0 radical (unpaired) electrons. The molecule has 2 nitrogen and oxygen atoms in total. The smallest absolute Gasteiger partial charge is 0.0847 e. The van der Waals surface area contributed by atoms with E-state index in [1.807, 2.05) is 0 Å². The van der Waals surface area contributed by atoms with Gasteiger partial charge in [0.05, 0.1) is 12.7 Å². The highest BCUT2D eigenvalue weighted by Gasteiger charge is 2.26. The average Bonchev–Trinajstić information content (AvgIpc) is 2.87. The van der Waals surface area contributed by atoms with Gasteiger partial charge in [-0.25, -0.2) is 0 Å². The Morgan fingerprint density at radius 1 is 0.632 bits per heavy atom. The molecule has 0 aromatic heterocycles. The van der Waals surface area contributed by atoms with Crippen molar-refractivity contribution in [3.05, 3.63) is 34.9 Å². The van der Waals surface area contributed by atoms with E-state index in [2.05, 4.69) is 73.6 Å². The van der Waals surface area contributed by atoms with E-state index in [-0.39, 0.29) is 23.5 Å². The van der Waals surface area contributed by atoms with Crippen LogP contribution in [0.25, 0.3) is 0 Å². The fraction of sp³-hybridized carbons (Fsp3) is 0.833. The molecule has 0 saturated carbocycles. The SMILES string of the molecule is CCCCCCCCCCCCCCCCCCOC(c1cc(C(C)(C)C)cc(C(C)(C)CO)c1)C(C)C. The van der Waals surface area contributed by atoms with Crippen molar-refractivity contribution in [1.82, 2.24) is 0 Å². The van der Waals surface area contributed by atoms with Crippen LogP contribution in [0.1, 0.15) is 181 Å². The molecule has 1 aromatic rings. The molecule has 1 N–H and O–H groups in total. The third-order valence-corrected chi connectivity index (χ3v) is 8.23. The normalized spacial score (nSPS) is 13.4. The zero-order chi connectivity index (χ0) is 28.4. The molecular weight excluding hydrogens is 464 g/mol. The van der Waals surface area contributed by atoms with Crippen LogP contribution >= 0.6 is 0 Å². The monoisotopic (exact) mass is 531 g/mol. The molecule has 222 valence electrons. The molecule has 2 heteroatoms. The molecule has 0 spiro atoms. The summed E-state index contributed by atoms with van der Waals surface area (Å²) in [6.45, 7) is 18.9. The Bertz CT molecular complexity index is 713. The number of hydrogen-bond acceptors (Lipinski definition) is 2. The van der Waals surface area contributed by atoms with Crippen molar-refractivity contribution in [2.75, 3.05) is 13.2 Å². The van der Waals surface area contributed by atoms with Gasteiger partial charge in [0.15, 0.2) is 0 Å². The first-order valence-corrected chi connectivity index (χ1v) is 16.4. The molecule has 1 rings (SSSR count). The summed E-state index contributed by atoms with van der Waals surface area (Å²) in [5.74, 6) is 0.413. The molecule has 0 aliphatic heterocycles. The van der Waals surface area contributed by atoms with E-state index in [1.54, 1.807) is 0 Å². The van der Waals surface area contributed by atoms with E-state index in [9.17, 15) is 5.11 Å². The number of ether oxygens (including phenoxy) is 1. The molecule has 0 saturated heterocycles. The summed E-state index contributed by atoms with van der Waals surface area (Å²) in [6, 6.07) is 6.91. The van der Waals surface area contributed by atoms with Crippen LogP contribution in [0.2, 0.25) is 0 Å². The fourth-order valence-corrected chi connectivity index (χ4v) is 5.26. The molecule has 1 unspecified atom stereocenters. The number of unbranched alkanes of at least 4 members (excludes halogenated alkanes) is 15. The lowest BCUT2D eigenvalue weighted by atomic mass is 9.78. The molecule has 0 fully saturated rings. The van der Waals surface area contributed by atoms with Crippen molar-refractivity contribution in [2.24, 2.45) is 5.92 Å². The highest BCUT2D eigenvalue weighted by Crippen LogP contribution is 2.35. The van der Waals surface area contributed by atoms with Crippen molar-refractivity contribution in [3.63, 3.8) is 0 Å². The minimum Gasteiger partial charge on any atom is -0.395 e. The molecule has 0 aliphatic rings. The van der Waals surface area contributed by atoms with Crippen LogP contribution in [0.3, 0.4) is 0 Å². The summed E-state index contributed by atoms with van der Waals surface area (Å²) >= 11 is 0. The lowest BCUT2D eigenvalue weighted by Crippen LogP contribution is -2.25. The van der Waals surface area contributed by atoms with Crippen LogP contribution < -0.4 is 0 Å². The maximum absolute atomic E-state index is 10.0. The Hall–Kier alpha value is -0.860. The van der Waals surface area contributed by atoms with Crippen LogP contribution in [-0.4, -0.2) is 18.3 Å². The van der Waals surface area contributed by atoms with Gasteiger partial charge in [-0.3, -0.25) is 0 Å². The van der Waals surface area contributed by atoms with Crippen LogP contribution in [0.15, 0.2) is 18.2 Å². The van der Waals surface area contributed by atoms with Gasteiger partial charge in [0, 0.05) is 12.0 Å². The second-order valence-corrected chi connectivity index (χ2v) is 14.0. The van der Waals surface area contributed by atoms with Crippen LogP contribution in [-0.2, 0) is 15.6 Å². The van der Waals surface area contributed by atoms with Gasteiger partial charge in [0.2, 0.25) is 0 Å². The minimum atomic E-state index is -0.259. The van der Waals surface area contributed by atoms with Gasteiger partial charge >= 0.3 is 0 Å². The van der Waals surface area contributed by atoms with Gasteiger partial charge in [0.1, 0.15) is 0 Å². The summed E-state index contributed by atoms with van der Waals surface area (Å²) in [6.07, 6.45) is 22.4. The van der Waals surface area contributed by atoms with E-state index in [0.717, 1.165) is 13.0 Å². The van der Waals surface area contributed by atoms with Crippen molar-refractivity contribution in [3.8, 4) is 0 Å². The van der Waals surface area contributed by atoms with Crippen molar-refractivity contribution >= 4 is 0 Å². The highest BCUT2D eigenvalue weighted by atomic mass is 16.5. The third kappa shape index (κ3) is 14.5. The van der Waals surface area contributed by atoms with E-state index in [1.165, 1.54) is 113 Å². The molecule has 1 atom stereocenters. The predicted molar refractivity (Wildman–Crippen MR) is 168 cm³/mol. The summed E-state index contributed by atoms with van der Waals surface area (Å²) in [5.41, 5.74) is 3.60. The molecule has 0 amide bonds. The van der Waals surface area contributed by atoms with E-state index in [0.29, 0.717) is 5.92 Å². The predicted octanol–water partition coefficient (Wildman–Crippen LogP) is 11.2. The quantitative estimate of drug-likeness (QED) is 0.151. The highest BCUT2D eigenvalue weighted by molar-refractivity contribution is 5.39. The van der Waals surface area contributed by atoms with Crippen LogP contribution in [0.4, 0.5) is 0 Å². The first kappa shape index (κ1) is 35.2. The Kier molecular flexibility index (Phi) is 17.8. The second kappa shape index (κ2) is 19.3. The largest absolute Gasteiger partial charge is 0.395 e. The maximum Gasteiger partial charge on any atom is 0.0847 e. The lowest BCUT2D eigenvalue weighted by molar-refractivity contribution is 0.0186. The zero-order valence-corrected chi connectivity index (χ0v) is 27.0. The van der Waals surface area contributed by atoms with Gasteiger partial charge in [-0.15, -0.1) is 0 Å². The summed E-state index contributed by atoms with van der Waals surface area (Å²) in [5, 5.41) is 10.0. The number of hydrogen-bond donors (Lipinski definition) is 1. The number of aliphatic hydroxyl groups is 1. The molecule has 0 heterocycles. The van der Waals surface area contributed by atoms with Gasteiger partial charge in [0.25, 0.3) is 0 Å². The Morgan fingerprint density at radius 2 is 1.05 bits per heavy atom. The number of aliphatic hydroxyl groups excluding tert-OH is 1. The van der Waals surface area contributed by atoms with E-state index in [4.69, 9.17) is 4.74 Å². The van der Waals surface area contributed by atoms with Gasteiger partial charge in [-0.1, -0.05) is 170 Å². The van der Waals surface area contributed by atoms with E-state index < -0.39 is 0 Å². The standard InChI is InChI=1S/C36H66O2/c1-9-10-11-12-13-14-15-16-17-18-19-20-21-22-23-24-25-38-34(30(2)3)31-26-32(35(4,5)6)28-33(27-31)36(7,8)29-37/h26-28,30,34,37H,9-25,29H2,1-8H3. The van der Waals surface area contributed by atoms with Crippen molar-refractivity contribution in [1.29, 1.82) is 0 Å². The summed E-state index contributed by atoms with van der Waals surface area (Å²) in [4.78, 5) is 0. The third-order valence-electron chi connectivity index (χ3n) is 8.23. The van der Waals surface area contributed by atoms with Gasteiger partial charge < -0.3 is 9.84 Å². The molecule has 1 aromatic carbocycles. The van der Waals surface area contributed by atoms with Crippen molar-refractivity contribution in [2.45, 2.75) is 175 Å². The molecule has 38 heavy (non-hydrogen) atoms. The Morgan fingerprint density at radius 3 is 1.45 bits per heavy atom. The second-order valence-electron chi connectivity index (χ2n) is 14.0. The molecule has 0 bridgehead atoms. The van der Waals surface area contributed by atoms with Crippen molar-refractivity contribution < 1.29 is 9.84 Å². The van der Waals surface area contributed by atoms with Crippen LogP contribution in [0, 0.1) is 5.92 Å². The fourth-order valence-electron chi connectivity index (χ4n) is 5.26. The summed E-state index contributed by atoms with van der Waals surface area (Å²) < 4.78 is 6.52. The van der Waals surface area contributed by atoms with Crippen LogP contribution in [0.5, 0.6) is 0 Å². The first-order chi connectivity index (χ1) is 18.0. The Balaban J connectivity index is 2.33. The van der Waals surface area contributed by atoms with E-state index >= 15 is 0 Å². The topological polar surface area (TPSA) is 29.5 Å².